The first-order valence-electron chi connectivity index (χ1n) is 12.7. The van der Waals surface area contributed by atoms with Crippen LogP contribution in [-0.2, 0) is 19.2 Å². The van der Waals surface area contributed by atoms with Crippen LogP contribution in [0.2, 0.25) is 0 Å². The summed E-state index contributed by atoms with van der Waals surface area (Å²) in [4.78, 5) is 0. The molecule has 2 heteroatoms. The van der Waals surface area contributed by atoms with Crippen molar-refractivity contribution >= 4 is 29.2 Å². The van der Waals surface area contributed by atoms with Gasteiger partial charge in [0, 0.05) is 0 Å². The third-order valence-electron chi connectivity index (χ3n) is 5.74. The monoisotopic (exact) mass is 580 g/mol. The first kappa shape index (κ1) is 35.3. The molecule has 41 heavy (non-hydrogen) atoms. The Bertz CT molecular complexity index is 1460. The number of fused-ring (bicyclic) bond motifs is 2. The zero-order chi connectivity index (χ0) is 27.5. The zero-order valence-electron chi connectivity index (χ0n) is 24.1. The number of benzene rings is 5. The average molecular weight is 581 g/mol. The normalized spacial score (nSPS) is 8.88. The van der Waals surface area contributed by atoms with Crippen LogP contribution >= 0.6 is 0 Å². The van der Waals surface area contributed by atoms with E-state index < -0.39 is 0 Å². The summed E-state index contributed by atoms with van der Waals surface area (Å²) >= 11 is 1.81. The maximum atomic E-state index is 2.97. The van der Waals surface area contributed by atoms with Gasteiger partial charge in [0.25, 0.3) is 0 Å². The van der Waals surface area contributed by atoms with Gasteiger partial charge in [-0.15, -0.1) is 69.6 Å². The Balaban J connectivity index is 0.000000282. The summed E-state index contributed by atoms with van der Waals surface area (Å²) in [5, 5.41) is 5.35. The molecule has 7 aromatic rings. The molecule has 2 radical (unpaired) electrons. The minimum absolute atomic E-state index is 0. The van der Waals surface area contributed by atoms with E-state index in [2.05, 4.69) is 130 Å². The minimum atomic E-state index is 0. The fraction of sp³-hybridized carbons (Fsp3) is 0.0256. The van der Waals surface area contributed by atoms with Gasteiger partial charge < -0.3 is 14.9 Å². The van der Waals surface area contributed by atoms with Crippen LogP contribution < -0.4 is 0 Å². The molecule has 0 aromatic heterocycles. The summed E-state index contributed by atoms with van der Waals surface area (Å²) in [7, 11) is 2.97. The molecule has 0 fully saturated rings. The predicted octanol–water partition coefficient (Wildman–Crippen LogP) is 10.6. The van der Waals surface area contributed by atoms with Crippen molar-refractivity contribution in [2.75, 3.05) is 0 Å². The average Bonchev–Trinajstić information content (AvgIpc) is 3.67. The molecule has 0 bridgehead atoms. The Labute approximate surface area is 261 Å². The van der Waals surface area contributed by atoms with E-state index in [4.69, 9.17) is 0 Å². The summed E-state index contributed by atoms with van der Waals surface area (Å²) in [6, 6.07) is 61.2. The maximum Gasteiger partial charge on any atom is -0.0279 e. The second-order valence-electron chi connectivity index (χ2n) is 8.52. The second kappa shape index (κ2) is 21.1. The molecule has 0 aliphatic rings. The van der Waals surface area contributed by atoms with Gasteiger partial charge >= 0.3 is 26.8 Å². The Morgan fingerprint density at radius 1 is 0.585 bits per heavy atom. The molecule has 0 atom stereocenters. The van der Waals surface area contributed by atoms with Crippen LogP contribution in [0.15, 0.2) is 164 Å². The predicted molar refractivity (Wildman–Crippen MR) is 178 cm³/mol. The van der Waals surface area contributed by atoms with Crippen molar-refractivity contribution in [3.8, 4) is 11.1 Å². The molecule has 206 valence electrons. The smallest absolute Gasteiger partial charge is 0.0279 e. The Morgan fingerprint density at radius 2 is 1.12 bits per heavy atom. The summed E-state index contributed by atoms with van der Waals surface area (Å²) in [6.07, 6.45) is 0. The van der Waals surface area contributed by atoms with E-state index in [0.717, 1.165) is 0 Å². The van der Waals surface area contributed by atoms with Crippen molar-refractivity contribution in [2.45, 2.75) is 6.92 Å². The van der Waals surface area contributed by atoms with Gasteiger partial charge in [-0.1, -0.05) is 55.0 Å². The molecule has 0 nitrogen and oxygen atoms in total. The minimum Gasteiger partial charge on any atom is -0.184 e. The molecule has 0 spiro atoms. The van der Waals surface area contributed by atoms with Crippen molar-refractivity contribution in [3.05, 3.63) is 196 Å². The Kier molecular flexibility index (Phi) is 18.1. The largest absolute Gasteiger partial charge is 0.184 e. The van der Waals surface area contributed by atoms with E-state index in [9.17, 15) is 0 Å². The Morgan fingerprint density at radius 3 is 1.66 bits per heavy atom. The quantitative estimate of drug-likeness (QED) is 0.134. The second-order valence-corrected chi connectivity index (χ2v) is 8.52. The fourth-order valence-electron chi connectivity index (χ4n) is 4.02. The van der Waals surface area contributed by atoms with E-state index in [0.29, 0.717) is 0 Å². The van der Waals surface area contributed by atoms with Crippen LogP contribution in [0.3, 0.4) is 0 Å². The van der Waals surface area contributed by atoms with Crippen LogP contribution in [0.1, 0.15) is 5.56 Å². The van der Waals surface area contributed by atoms with Crippen molar-refractivity contribution in [1.82, 2.24) is 0 Å². The molecule has 0 saturated carbocycles. The number of hydrogen-bond donors (Lipinski definition) is 0. The number of aryl methyl sites for hydroxylation is 1. The molecular formula is C39H36SiTi-6. The molecule has 7 aromatic carbocycles. The van der Waals surface area contributed by atoms with Crippen molar-refractivity contribution < 1.29 is 19.2 Å². The standard InChI is InChI=1S/C15H11.C10H9.2C6H5.2CH3.Si.Ti/c1-2-6-12(7-3-1)14-10-4-8-13-9-5-11-15(13)14;1-8-6-9-4-2-3-5-10(9)7-8;2*1-2-4-6-5-3-1;;;;/h1-11H;2-7H,1H3;2*1-5H;2*1H3;;/q6*-1;;. The zero-order valence-corrected chi connectivity index (χ0v) is 26.7. The molecule has 0 aliphatic heterocycles. The van der Waals surface area contributed by atoms with E-state index in [1.807, 2.05) is 60.7 Å². The molecule has 0 saturated heterocycles. The first-order chi connectivity index (χ1) is 19.3. The van der Waals surface area contributed by atoms with Crippen LogP contribution in [0.25, 0.3) is 32.7 Å². The van der Waals surface area contributed by atoms with E-state index in [1.165, 1.54) is 38.2 Å². The van der Waals surface area contributed by atoms with Gasteiger partial charge in [-0.2, -0.15) is 91.0 Å². The molecule has 7 rings (SSSR count). The topological polar surface area (TPSA) is 0 Å². The van der Waals surface area contributed by atoms with Crippen molar-refractivity contribution in [3.63, 3.8) is 0 Å². The first-order valence-corrected chi connectivity index (χ1v) is 15.5. The van der Waals surface area contributed by atoms with Crippen LogP contribution in [0, 0.1) is 33.9 Å². The summed E-state index contributed by atoms with van der Waals surface area (Å²) in [5.74, 6) is 0. The van der Waals surface area contributed by atoms with Crippen molar-refractivity contribution in [2.24, 2.45) is 0 Å². The molecule has 0 heterocycles. The third kappa shape index (κ3) is 12.1. The van der Waals surface area contributed by atoms with Crippen molar-refractivity contribution in [1.29, 1.82) is 0 Å². The van der Waals surface area contributed by atoms with Gasteiger partial charge in [0.2, 0.25) is 0 Å². The number of hydrogen-bond acceptors (Lipinski definition) is 0. The molecule has 0 aliphatic carbocycles. The third-order valence-corrected chi connectivity index (χ3v) is 5.74. The van der Waals surface area contributed by atoms with Crippen LogP contribution in [0.4, 0.5) is 0 Å². The molecule has 0 amide bonds. The van der Waals surface area contributed by atoms with E-state index in [-0.39, 0.29) is 14.9 Å². The number of rotatable bonds is 1. The maximum absolute atomic E-state index is 2.97. The summed E-state index contributed by atoms with van der Waals surface area (Å²) in [6.45, 7) is 2.12. The Hall–Kier alpha value is -3.75. The molecular weight excluding hydrogens is 544 g/mol. The van der Waals surface area contributed by atoms with E-state index >= 15 is 0 Å². The van der Waals surface area contributed by atoms with Crippen LogP contribution in [0.5, 0.6) is 0 Å². The van der Waals surface area contributed by atoms with Gasteiger partial charge in [0.1, 0.15) is 0 Å². The fourth-order valence-corrected chi connectivity index (χ4v) is 4.02. The van der Waals surface area contributed by atoms with Crippen LogP contribution in [-0.4, -0.2) is 7.63 Å². The summed E-state index contributed by atoms with van der Waals surface area (Å²) < 4.78 is 0. The molecule has 0 unspecified atom stereocenters. The van der Waals surface area contributed by atoms with Gasteiger partial charge in [0.05, 0.1) is 0 Å². The summed E-state index contributed by atoms with van der Waals surface area (Å²) in [5.41, 5.74) is 3.95. The SMILES string of the molecule is Cc1cc2ccccc2[cH-]1.[CH3-].[CH3-].[Si]=[Ti].[c-]1ccccc1.[c-]1ccccc1.c1ccc(-c2cccc3[cH-]ccc23)cc1. The van der Waals surface area contributed by atoms with Gasteiger partial charge in [-0.05, 0) is 5.56 Å². The van der Waals surface area contributed by atoms with Gasteiger partial charge in [-0.3, -0.25) is 0 Å². The van der Waals surface area contributed by atoms with E-state index in [1.54, 1.807) is 19.2 Å². The van der Waals surface area contributed by atoms with Gasteiger partial charge in [0.15, 0.2) is 0 Å². The van der Waals surface area contributed by atoms with Gasteiger partial charge in [-0.25, -0.2) is 0 Å². The molecule has 0 N–H and O–H groups in total.